The van der Waals surface area contributed by atoms with Gasteiger partial charge in [0.1, 0.15) is 5.82 Å². The van der Waals surface area contributed by atoms with Gasteiger partial charge in [0.25, 0.3) is 0 Å². The van der Waals surface area contributed by atoms with Crippen LogP contribution in [0.5, 0.6) is 0 Å². The van der Waals surface area contributed by atoms with Gasteiger partial charge in [-0.2, -0.15) is 13.2 Å². The van der Waals surface area contributed by atoms with Crippen molar-refractivity contribution in [3.8, 4) is 0 Å². The molecule has 0 unspecified atom stereocenters. The monoisotopic (exact) mass is 281 g/mol. The topological polar surface area (TPSA) is 37.8 Å². The highest BCUT2D eigenvalue weighted by atomic mass is 19.4. The molecule has 0 amide bonds. The summed E-state index contributed by atoms with van der Waals surface area (Å²) in [6.45, 7) is 1.71. The number of para-hydroxylation sites is 1. The molecule has 2 aromatic rings. The second-order valence-electron chi connectivity index (χ2n) is 4.99. The van der Waals surface area contributed by atoms with Crippen LogP contribution in [-0.2, 0) is 6.18 Å². The largest absolute Gasteiger partial charge is 0.418 e. The predicted molar refractivity (Wildman–Crippen MR) is 69.4 cm³/mol. The molecule has 1 aromatic carbocycles. The summed E-state index contributed by atoms with van der Waals surface area (Å²) in [6.07, 6.45) is -1.17. The Kier molecular flexibility index (Phi) is 3.33. The number of aromatic nitrogens is 2. The molecule has 0 radical (unpaired) electrons. The third-order valence-electron chi connectivity index (χ3n) is 3.64. The summed E-state index contributed by atoms with van der Waals surface area (Å²) in [6, 6.07) is 4.07. The minimum atomic E-state index is -4.39. The molecule has 1 fully saturated rings. The summed E-state index contributed by atoms with van der Waals surface area (Å²) in [5, 5.41) is 3.65. The van der Waals surface area contributed by atoms with Gasteiger partial charge < -0.3 is 5.32 Å². The van der Waals surface area contributed by atoms with Crippen molar-refractivity contribution < 1.29 is 13.2 Å². The van der Waals surface area contributed by atoms with Crippen LogP contribution in [-0.4, -0.2) is 23.1 Å². The Bertz CT molecular complexity index is 619. The molecule has 0 aliphatic carbocycles. The van der Waals surface area contributed by atoms with Gasteiger partial charge in [-0.05, 0) is 32.0 Å². The van der Waals surface area contributed by atoms with Gasteiger partial charge in [-0.3, -0.25) is 0 Å². The van der Waals surface area contributed by atoms with Crippen molar-refractivity contribution in [1.29, 1.82) is 0 Å². The van der Waals surface area contributed by atoms with Crippen molar-refractivity contribution in [2.45, 2.75) is 24.9 Å². The van der Waals surface area contributed by atoms with Crippen molar-refractivity contribution in [3.05, 3.63) is 35.8 Å². The average Bonchev–Trinajstić information content (AvgIpc) is 2.46. The van der Waals surface area contributed by atoms with Crippen molar-refractivity contribution >= 4 is 10.9 Å². The number of halogens is 3. The molecule has 6 heteroatoms. The second kappa shape index (κ2) is 5.01. The van der Waals surface area contributed by atoms with E-state index in [1.54, 1.807) is 6.07 Å². The van der Waals surface area contributed by atoms with Crippen molar-refractivity contribution in [2.75, 3.05) is 13.1 Å². The number of nitrogens with one attached hydrogen (secondary N) is 1. The van der Waals surface area contributed by atoms with Gasteiger partial charge in [0, 0.05) is 17.5 Å². The molecule has 0 atom stereocenters. The molecule has 3 rings (SSSR count). The minimum absolute atomic E-state index is 0.00327. The van der Waals surface area contributed by atoms with Crippen LogP contribution in [0.25, 0.3) is 10.9 Å². The normalized spacial score (nSPS) is 17.6. The number of hydrogen-bond donors (Lipinski definition) is 1. The van der Waals surface area contributed by atoms with Crippen LogP contribution in [0.4, 0.5) is 13.2 Å². The van der Waals surface area contributed by atoms with Crippen molar-refractivity contribution in [3.63, 3.8) is 0 Å². The zero-order valence-electron chi connectivity index (χ0n) is 10.7. The molecule has 0 saturated carbocycles. The summed E-state index contributed by atoms with van der Waals surface area (Å²) >= 11 is 0. The molecule has 3 nitrogen and oxygen atoms in total. The molecule has 1 saturated heterocycles. The smallest absolute Gasteiger partial charge is 0.317 e. The lowest BCUT2D eigenvalue weighted by atomic mass is 9.97. The third kappa shape index (κ3) is 2.47. The van der Waals surface area contributed by atoms with Crippen LogP contribution in [0.1, 0.15) is 30.1 Å². The maximum atomic E-state index is 13.0. The lowest BCUT2D eigenvalue weighted by Crippen LogP contribution is -2.27. The highest BCUT2D eigenvalue weighted by Crippen LogP contribution is 2.34. The van der Waals surface area contributed by atoms with E-state index in [1.165, 1.54) is 12.3 Å². The van der Waals surface area contributed by atoms with E-state index in [0.717, 1.165) is 32.0 Å². The van der Waals surface area contributed by atoms with Gasteiger partial charge >= 0.3 is 6.18 Å². The number of rotatable bonds is 1. The molecular formula is C14H14F3N3. The van der Waals surface area contributed by atoms with Gasteiger partial charge in [0.15, 0.2) is 0 Å². The predicted octanol–water partition coefficient (Wildman–Crippen LogP) is 3.12. The van der Waals surface area contributed by atoms with E-state index >= 15 is 0 Å². The number of alkyl halides is 3. The van der Waals surface area contributed by atoms with Crippen molar-refractivity contribution in [2.24, 2.45) is 0 Å². The summed E-state index contributed by atoms with van der Waals surface area (Å²) in [4.78, 5) is 8.45. The molecule has 106 valence electrons. The Labute approximate surface area is 114 Å². The molecule has 1 aromatic heterocycles. The van der Waals surface area contributed by atoms with Gasteiger partial charge in [0.2, 0.25) is 0 Å². The van der Waals surface area contributed by atoms with E-state index in [9.17, 15) is 13.2 Å². The quantitative estimate of drug-likeness (QED) is 0.872. The molecule has 2 heterocycles. The summed E-state index contributed by atoms with van der Waals surface area (Å²) in [7, 11) is 0. The van der Waals surface area contributed by atoms with E-state index in [1.807, 2.05) is 0 Å². The fourth-order valence-corrected chi connectivity index (χ4v) is 2.57. The number of nitrogens with zero attached hydrogens (tertiary/aromatic N) is 2. The molecular weight excluding hydrogens is 267 g/mol. The van der Waals surface area contributed by atoms with Gasteiger partial charge in [0.05, 0.1) is 11.1 Å². The van der Waals surface area contributed by atoms with Crippen LogP contribution in [0.15, 0.2) is 24.4 Å². The van der Waals surface area contributed by atoms with Gasteiger partial charge in [-0.15, -0.1) is 0 Å². The molecule has 1 aliphatic rings. The number of hydrogen-bond acceptors (Lipinski definition) is 3. The standard InChI is InChI=1S/C14H14F3N3/c15-14(16,17)11-3-1-2-10-8-19-13(20-12(10)11)9-4-6-18-7-5-9/h1-3,8-9,18H,4-7H2. The number of piperidine rings is 1. The van der Waals surface area contributed by atoms with Crippen LogP contribution in [0.3, 0.4) is 0 Å². The lowest BCUT2D eigenvalue weighted by Gasteiger charge is -2.21. The summed E-state index contributed by atoms with van der Waals surface area (Å²) in [5.74, 6) is 0.664. The first-order chi connectivity index (χ1) is 9.55. The molecule has 0 spiro atoms. The Hall–Kier alpha value is -1.69. The Morgan fingerprint density at radius 2 is 1.90 bits per heavy atom. The summed E-state index contributed by atoms with van der Waals surface area (Å²) < 4.78 is 39.1. The maximum absolute atomic E-state index is 13.0. The molecule has 1 aliphatic heterocycles. The van der Waals surface area contributed by atoms with E-state index in [4.69, 9.17) is 0 Å². The lowest BCUT2D eigenvalue weighted by molar-refractivity contribution is -0.136. The van der Waals surface area contributed by atoms with E-state index < -0.39 is 11.7 Å². The van der Waals surface area contributed by atoms with Gasteiger partial charge in [-0.1, -0.05) is 12.1 Å². The second-order valence-corrected chi connectivity index (χ2v) is 4.99. The first-order valence-electron chi connectivity index (χ1n) is 6.59. The Morgan fingerprint density at radius 1 is 1.15 bits per heavy atom. The van der Waals surface area contributed by atoms with E-state index in [2.05, 4.69) is 15.3 Å². The Morgan fingerprint density at radius 3 is 2.60 bits per heavy atom. The SMILES string of the molecule is FC(F)(F)c1cccc2cnc(C3CCNCC3)nc12. The zero-order valence-corrected chi connectivity index (χ0v) is 10.7. The van der Waals surface area contributed by atoms with Crippen LogP contribution < -0.4 is 5.32 Å². The zero-order chi connectivity index (χ0) is 14.2. The van der Waals surface area contributed by atoms with Crippen molar-refractivity contribution in [1.82, 2.24) is 15.3 Å². The van der Waals surface area contributed by atoms with Crippen LogP contribution >= 0.6 is 0 Å². The van der Waals surface area contributed by atoms with E-state index in [0.29, 0.717) is 11.2 Å². The first kappa shape index (κ1) is 13.3. The fourth-order valence-electron chi connectivity index (χ4n) is 2.57. The maximum Gasteiger partial charge on any atom is 0.418 e. The van der Waals surface area contributed by atoms with E-state index in [-0.39, 0.29) is 11.4 Å². The summed E-state index contributed by atoms with van der Waals surface area (Å²) in [5.41, 5.74) is -0.684. The van der Waals surface area contributed by atoms with Crippen LogP contribution in [0.2, 0.25) is 0 Å². The molecule has 1 N–H and O–H groups in total. The Balaban J connectivity index is 2.09. The third-order valence-corrected chi connectivity index (χ3v) is 3.64. The molecule has 20 heavy (non-hydrogen) atoms. The fraction of sp³-hybridized carbons (Fsp3) is 0.429. The molecule has 0 bridgehead atoms. The minimum Gasteiger partial charge on any atom is -0.317 e. The number of fused-ring (bicyclic) bond motifs is 1. The first-order valence-corrected chi connectivity index (χ1v) is 6.59. The van der Waals surface area contributed by atoms with Gasteiger partial charge in [-0.25, -0.2) is 9.97 Å². The number of benzene rings is 1. The highest BCUT2D eigenvalue weighted by molar-refractivity contribution is 5.81. The van der Waals surface area contributed by atoms with Crippen LogP contribution in [0, 0.1) is 0 Å². The highest BCUT2D eigenvalue weighted by Gasteiger charge is 2.33. The average molecular weight is 281 g/mol.